The highest BCUT2D eigenvalue weighted by molar-refractivity contribution is 5.96. The molecule has 0 aliphatic carbocycles. The maximum atomic E-state index is 13.2. The third kappa shape index (κ3) is 5.39. The largest absolute Gasteiger partial charge is 0.384 e. The van der Waals surface area contributed by atoms with Crippen LogP contribution in [0.2, 0.25) is 0 Å². The summed E-state index contributed by atoms with van der Waals surface area (Å²) in [5.74, 6) is 4.14. The van der Waals surface area contributed by atoms with Gasteiger partial charge in [-0.25, -0.2) is 4.39 Å². The number of aliphatic hydroxyl groups is 1. The second-order valence-corrected chi connectivity index (χ2v) is 4.33. The zero-order valence-electron chi connectivity index (χ0n) is 11.6. The lowest BCUT2D eigenvalue weighted by molar-refractivity contribution is 0.0746. The van der Waals surface area contributed by atoms with Gasteiger partial charge in [0.25, 0.3) is 5.91 Å². The third-order valence-electron chi connectivity index (χ3n) is 2.37. The van der Waals surface area contributed by atoms with Crippen LogP contribution in [0.1, 0.15) is 29.8 Å². The quantitative estimate of drug-likeness (QED) is 0.631. The van der Waals surface area contributed by atoms with Crippen LogP contribution in [0, 0.1) is 17.7 Å². The van der Waals surface area contributed by atoms with Crippen molar-refractivity contribution in [1.29, 1.82) is 0 Å². The van der Waals surface area contributed by atoms with E-state index in [1.165, 1.54) is 18.2 Å². The van der Waals surface area contributed by atoms with Crippen LogP contribution in [-0.4, -0.2) is 36.9 Å². The van der Waals surface area contributed by atoms with E-state index >= 15 is 0 Å². The fourth-order valence-electron chi connectivity index (χ4n) is 1.51. The Morgan fingerprint density at radius 3 is 2.90 bits per heavy atom. The Balaban J connectivity index is 2.72. The molecule has 0 aliphatic rings. The SMILES string of the molecule is CC(C)OCCNC(=O)c1ccc(F)cc1C#CCO. The summed E-state index contributed by atoms with van der Waals surface area (Å²) in [5, 5.41) is 11.3. The van der Waals surface area contributed by atoms with Gasteiger partial charge in [0.1, 0.15) is 12.4 Å². The van der Waals surface area contributed by atoms with Gasteiger partial charge in [0.15, 0.2) is 0 Å². The summed E-state index contributed by atoms with van der Waals surface area (Å²) < 4.78 is 18.5. The smallest absolute Gasteiger partial charge is 0.252 e. The van der Waals surface area contributed by atoms with Crippen molar-refractivity contribution < 1.29 is 19.0 Å². The first kappa shape index (κ1) is 16.2. The molecule has 1 amide bonds. The molecule has 4 nitrogen and oxygen atoms in total. The molecular formula is C15H18FNO3. The number of hydrogen-bond donors (Lipinski definition) is 2. The molecule has 0 aromatic heterocycles. The summed E-state index contributed by atoms with van der Waals surface area (Å²) in [6.07, 6.45) is 0.101. The summed E-state index contributed by atoms with van der Waals surface area (Å²) in [5.41, 5.74) is 0.526. The minimum atomic E-state index is -0.480. The molecule has 1 rings (SSSR count). The second-order valence-electron chi connectivity index (χ2n) is 4.33. The van der Waals surface area contributed by atoms with E-state index in [4.69, 9.17) is 9.84 Å². The number of amides is 1. The van der Waals surface area contributed by atoms with E-state index in [0.717, 1.165) is 0 Å². The highest BCUT2D eigenvalue weighted by Crippen LogP contribution is 2.10. The number of carbonyl (C=O) groups is 1. The molecule has 20 heavy (non-hydrogen) atoms. The number of carbonyl (C=O) groups excluding carboxylic acids is 1. The molecule has 108 valence electrons. The molecular weight excluding hydrogens is 261 g/mol. The summed E-state index contributed by atoms with van der Waals surface area (Å²) in [6, 6.07) is 3.74. The number of ether oxygens (including phenoxy) is 1. The Bertz CT molecular complexity index is 518. The molecule has 0 bridgehead atoms. The Kier molecular flexibility index (Phi) is 6.71. The number of nitrogens with one attached hydrogen (secondary N) is 1. The summed E-state index contributed by atoms with van der Waals surface area (Å²) in [4.78, 5) is 12.0. The van der Waals surface area contributed by atoms with Crippen molar-refractivity contribution in [3.05, 3.63) is 35.1 Å². The van der Waals surface area contributed by atoms with Crippen LogP contribution in [0.3, 0.4) is 0 Å². The van der Waals surface area contributed by atoms with E-state index < -0.39 is 5.82 Å². The maximum absolute atomic E-state index is 13.2. The Morgan fingerprint density at radius 2 is 2.25 bits per heavy atom. The highest BCUT2D eigenvalue weighted by Gasteiger charge is 2.10. The van der Waals surface area contributed by atoms with Crippen LogP contribution >= 0.6 is 0 Å². The van der Waals surface area contributed by atoms with Crippen molar-refractivity contribution in [3.63, 3.8) is 0 Å². The fraction of sp³-hybridized carbons (Fsp3) is 0.400. The lowest BCUT2D eigenvalue weighted by Gasteiger charge is -2.09. The lowest BCUT2D eigenvalue weighted by atomic mass is 10.1. The second kappa shape index (κ2) is 8.31. The zero-order valence-corrected chi connectivity index (χ0v) is 11.6. The fourth-order valence-corrected chi connectivity index (χ4v) is 1.51. The average molecular weight is 279 g/mol. The van der Waals surface area contributed by atoms with Crippen molar-refractivity contribution in [2.24, 2.45) is 0 Å². The molecule has 0 saturated carbocycles. The van der Waals surface area contributed by atoms with Crippen molar-refractivity contribution in [2.75, 3.05) is 19.8 Å². The van der Waals surface area contributed by atoms with E-state index in [0.29, 0.717) is 13.2 Å². The van der Waals surface area contributed by atoms with Gasteiger partial charge in [0.2, 0.25) is 0 Å². The van der Waals surface area contributed by atoms with Crippen LogP contribution in [0.4, 0.5) is 4.39 Å². The van der Waals surface area contributed by atoms with Gasteiger partial charge in [-0.15, -0.1) is 0 Å². The normalized spacial score (nSPS) is 10.1. The molecule has 0 saturated heterocycles. The van der Waals surface area contributed by atoms with Crippen LogP contribution in [0.5, 0.6) is 0 Å². The van der Waals surface area contributed by atoms with Gasteiger partial charge in [0.05, 0.1) is 18.3 Å². The average Bonchev–Trinajstić information content (AvgIpc) is 2.41. The number of hydrogen-bond acceptors (Lipinski definition) is 3. The maximum Gasteiger partial charge on any atom is 0.252 e. The first-order chi connectivity index (χ1) is 9.54. The minimum absolute atomic E-state index is 0.101. The standard InChI is InChI=1S/C15H18FNO3/c1-11(2)20-9-7-17-15(19)14-6-5-13(16)10-12(14)4-3-8-18/h5-6,10-11,18H,7-9H2,1-2H3,(H,17,19). The number of rotatable bonds is 5. The predicted molar refractivity (Wildman–Crippen MR) is 73.8 cm³/mol. The Morgan fingerprint density at radius 1 is 1.50 bits per heavy atom. The number of aliphatic hydroxyl groups excluding tert-OH is 1. The molecule has 1 aromatic carbocycles. The Hall–Kier alpha value is -1.90. The van der Waals surface area contributed by atoms with Crippen molar-refractivity contribution >= 4 is 5.91 Å². The van der Waals surface area contributed by atoms with Crippen molar-refractivity contribution in [1.82, 2.24) is 5.32 Å². The zero-order chi connectivity index (χ0) is 15.0. The molecule has 0 unspecified atom stereocenters. The van der Waals surface area contributed by atoms with E-state index in [-0.39, 0.29) is 29.7 Å². The van der Waals surface area contributed by atoms with Gasteiger partial charge < -0.3 is 15.2 Å². The molecule has 0 heterocycles. The molecule has 5 heteroatoms. The lowest BCUT2D eigenvalue weighted by Crippen LogP contribution is -2.28. The van der Waals surface area contributed by atoms with Gasteiger partial charge in [-0.2, -0.15) is 0 Å². The van der Waals surface area contributed by atoms with Crippen molar-refractivity contribution in [2.45, 2.75) is 20.0 Å². The van der Waals surface area contributed by atoms with Gasteiger partial charge in [0, 0.05) is 12.1 Å². The first-order valence-electron chi connectivity index (χ1n) is 6.33. The molecule has 0 fully saturated rings. The number of benzene rings is 1. The number of halogens is 1. The summed E-state index contributed by atoms with van der Waals surface area (Å²) in [7, 11) is 0. The third-order valence-corrected chi connectivity index (χ3v) is 2.37. The van der Waals surface area contributed by atoms with Gasteiger partial charge in [-0.3, -0.25) is 4.79 Å². The van der Waals surface area contributed by atoms with Gasteiger partial charge in [-0.1, -0.05) is 11.8 Å². The van der Waals surface area contributed by atoms with Crippen LogP contribution in [-0.2, 0) is 4.74 Å². The monoisotopic (exact) mass is 279 g/mol. The van der Waals surface area contributed by atoms with Crippen LogP contribution in [0.25, 0.3) is 0 Å². The molecule has 0 atom stereocenters. The van der Waals surface area contributed by atoms with E-state index in [1.54, 1.807) is 0 Å². The van der Waals surface area contributed by atoms with E-state index in [2.05, 4.69) is 17.2 Å². The highest BCUT2D eigenvalue weighted by atomic mass is 19.1. The van der Waals surface area contributed by atoms with Crippen LogP contribution < -0.4 is 5.32 Å². The van der Waals surface area contributed by atoms with E-state index in [1.807, 2.05) is 13.8 Å². The van der Waals surface area contributed by atoms with Gasteiger partial charge in [-0.05, 0) is 32.0 Å². The summed E-state index contributed by atoms with van der Waals surface area (Å²) in [6.45, 7) is 4.23. The first-order valence-corrected chi connectivity index (χ1v) is 6.33. The van der Waals surface area contributed by atoms with Crippen molar-refractivity contribution in [3.8, 4) is 11.8 Å². The summed E-state index contributed by atoms with van der Waals surface area (Å²) >= 11 is 0. The minimum Gasteiger partial charge on any atom is -0.384 e. The topological polar surface area (TPSA) is 58.6 Å². The van der Waals surface area contributed by atoms with Gasteiger partial charge >= 0.3 is 0 Å². The molecule has 0 spiro atoms. The van der Waals surface area contributed by atoms with Crippen LogP contribution in [0.15, 0.2) is 18.2 Å². The molecule has 0 aliphatic heterocycles. The van der Waals surface area contributed by atoms with E-state index in [9.17, 15) is 9.18 Å². The molecule has 0 radical (unpaired) electrons. The molecule has 1 aromatic rings. The molecule has 2 N–H and O–H groups in total. The Labute approximate surface area is 117 Å². The predicted octanol–water partition coefficient (Wildman–Crippen LogP) is 1.32.